The zero-order valence-corrected chi connectivity index (χ0v) is 37.6. The van der Waals surface area contributed by atoms with E-state index in [-0.39, 0.29) is 31.1 Å². The lowest BCUT2D eigenvalue weighted by Crippen LogP contribution is -2.30. The van der Waals surface area contributed by atoms with Crippen molar-refractivity contribution >= 4 is 17.9 Å². The standard InChI is InChI=1S/C51H90O6/c1-4-7-10-13-16-19-22-24-25-27-29-32-35-38-41-44-50(53)56-47-48(46-55-49(52)43-40-37-34-31-28-21-18-15-12-9-6-3)57-51(54)45-42-39-36-33-30-26-23-20-17-14-11-8-5-2/h8,11,14,17,19-20,22-23,48H,4-7,9-10,12-13,15-16,18,21,24-47H2,1-3H3/b11-8-,17-14-,22-19-,23-20-. The molecule has 0 aromatic rings. The minimum atomic E-state index is -0.781. The highest BCUT2D eigenvalue weighted by Crippen LogP contribution is 2.15. The van der Waals surface area contributed by atoms with E-state index in [2.05, 4.69) is 69.4 Å². The van der Waals surface area contributed by atoms with Gasteiger partial charge in [0.1, 0.15) is 13.2 Å². The van der Waals surface area contributed by atoms with E-state index in [0.29, 0.717) is 19.3 Å². The Morgan fingerprint density at radius 1 is 0.368 bits per heavy atom. The van der Waals surface area contributed by atoms with E-state index in [9.17, 15) is 14.4 Å². The van der Waals surface area contributed by atoms with Crippen molar-refractivity contribution in [2.45, 2.75) is 245 Å². The third-order valence-electron chi connectivity index (χ3n) is 10.4. The van der Waals surface area contributed by atoms with Gasteiger partial charge in [-0.25, -0.2) is 0 Å². The summed E-state index contributed by atoms with van der Waals surface area (Å²) in [6.07, 6.45) is 53.7. The number of hydrogen-bond donors (Lipinski definition) is 0. The number of esters is 3. The van der Waals surface area contributed by atoms with Crippen LogP contribution in [0.2, 0.25) is 0 Å². The molecule has 0 aromatic carbocycles. The molecule has 1 unspecified atom stereocenters. The lowest BCUT2D eigenvalue weighted by atomic mass is 10.1. The zero-order chi connectivity index (χ0) is 41.5. The van der Waals surface area contributed by atoms with E-state index in [1.54, 1.807) is 0 Å². The van der Waals surface area contributed by atoms with Crippen LogP contribution in [0.15, 0.2) is 48.6 Å². The van der Waals surface area contributed by atoms with E-state index in [4.69, 9.17) is 14.2 Å². The van der Waals surface area contributed by atoms with Gasteiger partial charge in [-0.2, -0.15) is 0 Å². The molecule has 0 fully saturated rings. The van der Waals surface area contributed by atoms with Crippen LogP contribution in [0.3, 0.4) is 0 Å². The molecule has 6 nitrogen and oxygen atoms in total. The predicted molar refractivity (Wildman–Crippen MR) is 242 cm³/mol. The van der Waals surface area contributed by atoms with Crippen molar-refractivity contribution < 1.29 is 28.6 Å². The molecule has 1 atom stereocenters. The van der Waals surface area contributed by atoms with Crippen LogP contribution in [0.5, 0.6) is 0 Å². The van der Waals surface area contributed by atoms with E-state index in [1.807, 2.05) is 0 Å². The summed E-state index contributed by atoms with van der Waals surface area (Å²) >= 11 is 0. The minimum Gasteiger partial charge on any atom is -0.462 e. The second-order valence-corrected chi connectivity index (χ2v) is 16.1. The summed E-state index contributed by atoms with van der Waals surface area (Å²) in [5.41, 5.74) is 0. The van der Waals surface area contributed by atoms with Crippen molar-refractivity contribution in [2.75, 3.05) is 13.2 Å². The molecule has 0 radical (unpaired) electrons. The lowest BCUT2D eigenvalue weighted by Gasteiger charge is -2.18. The van der Waals surface area contributed by atoms with Crippen molar-refractivity contribution in [1.29, 1.82) is 0 Å². The van der Waals surface area contributed by atoms with Crippen LogP contribution in [0.4, 0.5) is 0 Å². The van der Waals surface area contributed by atoms with Crippen LogP contribution in [0, 0.1) is 0 Å². The monoisotopic (exact) mass is 799 g/mol. The van der Waals surface area contributed by atoms with Gasteiger partial charge in [0.25, 0.3) is 0 Å². The maximum absolute atomic E-state index is 12.7. The highest BCUT2D eigenvalue weighted by Gasteiger charge is 2.19. The molecule has 0 aliphatic carbocycles. The fraction of sp³-hybridized carbons (Fsp3) is 0.784. The number of unbranched alkanes of at least 4 members (excludes halogenated alkanes) is 26. The quantitative estimate of drug-likeness (QED) is 0.0201. The largest absolute Gasteiger partial charge is 0.462 e. The second-order valence-electron chi connectivity index (χ2n) is 16.1. The summed E-state index contributed by atoms with van der Waals surface area (Å²) in [7, 11) is 0. The fourth-order valence-corrected chi connectivity index (χ4v) is 6.73. The Kier molecular flexibility index (Phi) is 43.9. The summed E-state index contributed by atoms with van der Waals surface area (Å²) in [4.78, 5) is 37.8. The number of rotatable bonds is 43. The molecule has 0 aliphatic heterocycles. The predicted octanol–water partition coefficient (Wildman–Crippen LogP) is 15.5. The van der Waals surface area contributed by atoms with E-state index >= 15 is 0 Å². The van der Waals surface area contributed by atoms with E-state index in [0.717, 1.165) is 83.5 Å². The third kappa shape index (κ3) is 44.3. The SMILES string of the molecule is CC\C=C/C=C\C=C/CCCCCCCC(=O)OC(COC(=O)CCCCCCCCC/C=C\CCCCCC)COC(=O)CCCCCCCCCCCCC. The molecule has 0 aliphatic rings. The first kappa shape index (κ1) is 54.4. The van der Waals surface area contributed by atoms with Crippen LogP contribution < -0.4 is 0 Å². The highest BCUT2D eigenvalue weighted by molar-refractivity contribution is 5.71. The lowest BCUT2D eigenvalue weighted by molar-refractivity contribution is -0.167. The van der Waals surface area contributed by atoms with Gasteiger partial charge in [0, 0.05) is 19.3 Å². The first-order chi connectivity index (χ1) is 28.0. The van der Waals surface area contributed by atoms with Crippen molar-refractivity contribution in [2.24, 2.45) is 0 Å². The third-order valence-corrected chi connectivity index (χ3v) is 10.4. The van der Waals surface area contributed by atoms with Gasteiger partial charge in [-0.15, -0.1) is 0 Å². The van der Waals surface area contributed by atoms with Gasteiger partial charge in [0.05, 0.1) is 0 Å². The Hall–Kier alpha value is -2.63. The van der Waals surface area contributed by atoms with Gasteiger partial charge in [-0.05, 0) is 64.2 Å². The molecule has 0 bridgehead atoms. The first-order valence-corrected chi connectivity index (χ1v) is 24.2. The molecule has 0 amide bonds. The maximum Gasteiger partial charge on any atom is 0.306 e. The number of hydrogen-bond acceptors (Lipinski definition) is 6. The van der Waals surface area contributed by atoms with Gasteiger partial charge in [-0.3, -0.25) is 14.4 Å². The number of allylic oxidation sites excluding steroid dienone is 8. The van der Waals surface area contributed by atoms with Crippen molar-refractivity contribution in [3.8, 4) is 0 Å². The fourth-order valence-electron chi connectivity index (χ4n) is 6.73. The Morgan fingerprint density at radius 3 is 1.12 bits per heavy atom. The molecule has 0 saturated heterocycles. The molecule has 0 heterocycles. The molecule has 330 valence electrons. The van der Waals surface area contributed by atoms with Gasteiger partial charge in [0.15, 0.2) is 6.10 Å². The van der Waals surface area contributed by atoms with Gasteiger partial charge >= 0.3 is 17.9 Å². The van der Waals surface area contributed by atoms with Crippen LogP contribution in [0.25, 0.3) is 0 Å². The molecule has 57 heavy (non-hydrogen) atoms. The van der Waals surface area contributed by atoms with E-state index in [1.165, 1.54) is 116 Å². The molecule has 0 N–H and O–H groups in total. The van der Waals surface area contributed by atoms with Crippen molar-refractivity contribution in [3.05, 3.63) is 48.6 Å². The summed E-state index contributed by atoms with van der Waals surface area (Å²) in [5, 5.41) is 0. The smallest absolute Gasteiger partial charge is 0.306 e. The summed E-state index contributed by atoms with van der Waals surface area (Å²) < 4.78 is 16.7. The number of ether oxygens (including phenoxy) is 3. The Labute approximate surface area is 352 Å². The summed E-state index contributed by atoms with van der Waals surface area (Å²) in [5.74, 6) is -0.904. The molecule has 0 aromatic heterocycles. The second kappa shape index (κ2) is 46.1. The van der Waals surface area contributed by atoms with Crippen LogP contribution >= 0.6 is 0 Å². The molecule has 0 saturated carbocycles. The number of carbonyl (C=O) groups excluding carboxylic acids is 3. The first-order valence-electron chi connectivity index (χ1n) is 24.2. The molecule has 6 heteroatoms. The maximum atomic E-state index is 12.7. The van der Waals surface area contributed by atoms with Gasteiger partial charge in [-0.1, -0.05) is 204 Å². The number of carbonyl (C=O) groups is 3. The Morgan fingerprint density at radius 2 is 0.702 bits per heavy atom. The van der Waals surface area contributed by atoms with E-state index < -0.39 is 6.10 Å². The molecule has 0 spiro atoms. The molecular weight excluding hydrogens is 709 g/mol. The normalized spacial score (nSPS) is 12.4. The molecular formula is C51H90O6. The Balaban J connectivity index is 4.39. The van der Waals surface area contributed by atoms with Gasteiger partial charge < -0.3 is 14.2 Å². The van der Waals surface area contributed by atoms with Crippen molar-refractivity contribution in [3.63, 3.8) is 0 Å². The highest BCUT2D eigenvalue weighted by atomic mass is 16.6. The minimum absolute atomic E-state index is 0.0811. The van der Waals surface area contributed by atoms with Crippen LogP contribution in [-0.4, -0.2) is 37.2 Å². The summed E-state index contributed by atoms with van der Waals surface area (Å²) in [6, 6.07) is 0. The average Bonchev–Trinajstić information content (AvgIpc) is 3.21. The van der Waals surface area contributed by atoms with Crippen molar-refractivity contribution in [1.82, 2.24) is 0 Å². The molecule has 0 rings (SSSR count). The average molecular weight is 799 g/mol. The Bertz CT molecular complexity index is 1010. The van der Waals surface area contributed by atoms with Gasteiger partial charge in [0.2, 0.25) is 0 Å². The van der Waals surface area contributed by atoms with Crippen LogP contribution in [0.1, 0.15) is 239 Å². The summed E-state index contributed by atoms with van der Waals surface area (Å²) in [6.45, 7) is 6.47. The zero-order valence-electron chi connectivity index (χ0n) is 37.6. The van der Waals surface area contributed by atoms with Crippen LogP contribution in [-0.2, 0) is 28.6 Å². The topological polar surface area (TPSA) is 78.9 Å².